The van der Waals surface area contributed by atoms with Crippen LogP contribution in [0.25, 0.3) is 0 Å². The molecule has 1 amide bonds. The van der Waals surface area contributed by atoms with Crippen LogP contribution in [-0.4, -0.2) is 23.6 Å². The van der Waals surface area contributed by atoms with Crippen LogP contribution < -0.4 is 5.32 Å². The van der Waals surface area contributed by atoms with Crippen LogP contribution in [0.1, 0.15) is 28.9 Å². The lowest BCUT2D eigenvalue weighted by Gasteiger charge is -2.15. The van der Waals surface area contributed by atoms with E-state index in [-0.39, 0.29) is 21.9 Å². The predicted octanol–water partition coefficient (Wildman–Crippen LogP) is 3.36. The zero-order valence-corrected chi connectivity index (χ0v) is 13.8. The largest absolute Gasteiger partial charge is 0.507 e. The minimum atomic E-state index is -0.912. The van der Waals surface area contributed by atoms with E-state index in [0.29, 0.717) is 6.07 Å². The molecule has 2 N–H and O–H groups in total. The van der Waals surface area contributed by atoms with Crippen LogP contribution in [0.2, 0.25) is 5.02 Å². The summed E-state index contributed by atoms with van der Waals surface area (Å²) >= 11 is 5.66. The second-order valence-electron chi connectivity index (χ2n) is 5.19. The molecule has 0 radical (unpaired) electrons. The molecule has 8 heteroatoms. The summed E-state index contributed by atoms with van der Waals surface area (Å²) in [4.78, 5) is 23.6. The fourth-order valence-corrected chi connectivity index (χ4v) is 2.27. The summed E-state index contributed by atoms with van der Waals surface area (Å²) in [6, 6.07) is 6.05. The van der Waals surface area contributed by atoms with Gasteiger partial charge in [0.25, 0.3) is 5.91 Å². The maximum absolute atomic E-state index is 13.6. The first-order valence-electron chi connectivity index (χ1n) is 7.18. The van der Waals surface area contributed by atoms with E-state index in [1.165, 1.54) is 25.1 Å². The van der Waals surface area contributed by atoms with Crippen LogP contribution in [0.4, 0.5) is 8.78 Å². The fraction of sp³-hybridized carbons (Fsp3) is 0.176. The number of hydrogen-bond acceptors (Lipinski definition) is 4. The van der Waals surface area contributed by atoms with Crippen LogP contribution in [0.3, 0.4) is 0 Å². The monoisotopic (exact) mass is 369 g/mol. The van der Waals surface area contributed by atoms with Crippen LogP contribution in [-0.2, 0) is 9.53 Å². The standard InChI is InChI=1S/C17H14ClF2NO4/c1-9(12-5-3-11(19)7-14(12)20)21-16(23)8-25-17(24)13-4-2-10(18)6-15(13)22/h2-7,9,22H,8H2,1H3,(H,21,23)/t9-/m0/s1. The van der Waals surface area contributed by atoms with Crippen molar-refractivity contribution in [2.24, 2.45) is 0 Å². The van der Waals surface area contributed by atoms with Gasteiger partial charge in [-0.25, -0.2) is 13.6 Å². The highest BCUT2D eigenvalue weighted by Crippen LogP contribution is 2.22. The highest BCUT2D eigenvalue weighted by atomic mass is 35.5. The molecule has 0 aliphatic rings. The minimum absolute atomic E-state index is 0.0939. The fourth-order valence-electron chi connectivity index (χ4n) is 2.10. The molecule has 1 atom stereocenters. The average molecular weight is 370 g/mol. The molecular weight excluding hydrogens is 356 g/mol. The van der Waals surface area contributed by atoms with Gasteiger partial charge in [-0.1, -0.05) is 17.7 Å². The van der Waals surface area contributed by atoms with Crippen LogP contribution in [0.15, 0.2) is 36.4 Å². The van der Waals surface area contributed by atoms with Gasteiger partial charge in [-0.3, -0.25) is 4.79 Å². The summed E-state index contributed by atoms with van der Waals surface area (Å²) in [5, 5.41) is 12.3. The number of ether oxygens (including phenoxy) is 1. The number of nitrogens with one attached hydrogen (secondary N) is 1. The third-order valence-electron chi connectivity index (χ3n) is 3.32. The van der Waals surface area contributed by atoms with E-state index in [2.05, 4.69) is 5.32 Å². The Labute approximate surface area is 147 Å². The van der Waals surface area contributed by atoms with E-state index in [9.17, 15) is 23.5 Å². The summed E-state index contributed by atoms with van der Waals surface area (Å²) in [7, 11) is 0. The molecule has 0 bridgehead atoms. The number of aromatic hydroxyl groups is 1. The van der Waals surface area contributed by atoms with Gasteiger partial charge in [0.2, 0.25) is 0 Å². The molecule has 0 aliphatic carbocycles. The van der Waals surface area contributed by atoms with Crippen molar-refractivity contribution >= 4 is 23.5 Å². The highest BCUT2D eigenvalue weighted by Gasteiger charge is 2.17. The first-order chi connectivity index (χ1) is 11.8. The van der Waals surface area contributed by atoms with E-state index >= 15 is 0 Å². The van der Waals surface area contributed by atoms with Crippen molar-refractivity contribution in [3.05, 3.63) is 64.2 Å². The smallest absolute Gasteiger partial charge is 0.342 e. The molecule has 0 aromatic heterocycles. The third kappa shape index (κ3) is 4.90. The van der Waals surface area contributed by atoms with E-state index in [1.807, 2.05) is 0 Å². The molecule has 2 aromatic carbocycles. The Morgan fingerprint density at radius 2 is 1.96 bits per heavy atom. The molecule has 25 heavy (non-hydrogen) atoms. The van der Waals surface area contributed by atoms with Crippen LogP contribution in [0, 0.1) is 11.6 Å². The molecule has 2 aromatic rings. The molecular formula is C17H14ClF2NO4. The van der Waals surface area contributed by atoms with E-state index in [1.54, 1.807) is 0 Å². The topological polar surface area (TPSA) is 75.6 Å². The van der Waals surface area contributed by atoms with E-state index < -0.39 is 36.2 Å². The van der Waals surface area contributed by atoms with Gasteiger partial charge in [0.05, 0.1) is 6.04 Å². The van der Waals surface area contributed by atoms with Gasteiger partial charge in [-0.15, -0.1) is 0 Å². The maximum Gasteiger partial charge on any atom is 0.342 e. The second kappa shape index (κ2) is 7.94. The molecule has 0 saturated heterocycles. The molecule has 0 unspecified atom stereocenters. The molecule has 0 fully saturated rings. The summed E-state index contributed by atoms with van der Waals surface area (Å²) in [6.07, 6.45) is 0. The van der Waals surface area contributed by atoms with Crippen molar-refractivity contribution in [2.45, 2.75) is 13.0 Å². The number of benzene rings is 2. The molecule has 2 rings (SSSR count). The quantitative estimate of drug-likeness (QED) is 0.792. The van der Waals surface area contributed by atoms with Gasteiger partial charge in [-0.2, -0.15) is 0 Å². The van der Waals surface area contributed by atoms with Gasteiger partial charge >= 0.3 is 5.97 Å². The molecule has 0 saturated carbocycles. The lowest BCUT2D eigenvalue weighted by Crippen LogP contribution is -2.31. The van der Waals surface area contributed by atoms with Crippen molar-refractivity contribution < 1.29 is 28.2 Å². The van der Waals surface area contributed by atoms with Crippen molar-refractivity contribution in [3.8, 4) is 5.75 Å². The number of rotatable bonds is 5. The number of halogens is 3. The average Bonchev–Trinajstić information content (AvgIpc) is 2.52. The summed E-state index contributed by atoms with van der Waals surface area (Å²) < 4.78 is 31.3. The first kappa shape index (κ1) is 18.7. The highest BCUT2D eigenvalue weighted by molar-refractivity contribution is 6.30. The number of phenols is 1. The molecule has 0 aliphatic heterocycles. The molecule has 5 nitrogen and oxygen atoms in total. The van der Waals surface area contributed by atoms with E-state index in [0.717, 1.165) is 12.1 Å². The molecule has 0 heterocycles. The van der Waals surface area contributed by atoms with Crippen molar-refractivity contribution in [1.29, 1.82) is 0 Å². The Morgan fingerprint density at radius 1 is 1.24 bits per heavy atom. The maximum atomic E-state index is 13.6. The number of phenolic OH excluding ortho intramolecular Hbond substituents is 1. The Kier molecular flexibility index (Phi) is 5.93. The van der Waals surface area contributed by atoms with Gasteiger partial charge in [-0.05, 0) is 31.2 Å². The number of hydrogen-bond donors (Lipinski definition) is 2. The number of carbonyl (C=O) groups excluding carboxylic acids is 2. The Balaban J connectivity index is 1.92. The second-order valence-corrected chi connectivity index (χ2v) is 5.63. The first-order valence-corrected chi connectivity index (χ1v) is 7.55. The molecule has 0 spiro atoms. The lowest BCUT2D eigenvalue weighted by molar-refractivity contribution is -0.124. The molecule has 132 valence electrons. The summed E-state index contributed by atoms with van der Waals surface area (Å²) in [5.74, 6) is -3.49. The van der Waals surface area contributed by atoms with Crippen molar-refractivity contribution in [2.75, 3.05) is 6.61 Å². The number of esters is 1. The van der Waals surface area contributed by atoms with Crippen LogP contribution in [0.5, 0.6) is 5.75 Å². The zero-order valence-electron chi connectivity index (χ0n) is 13.1. The third-order valence-corrected chi connectivity index (χ3v) is 3.56. The summed E-state index contributed by atoms with van der Waals surface area (Å²) in [6.45, 7) is 0.870. The lowest BCUT2D eigenvalue weighted by atomic mass is 10.1. The van der Waals surface area contributed by atoms with Crippen molar-refractivity contribution in [3.63, 3.8) is 0 Å². The van der Waals surface area contributed by atoms with Crippen LogP contribution >= 0.6 is 11.6 Å². The van der Waals surface area contributed by atoms with Gasteiger partial charge < -0.3 is 15.2 Å². The Morgan fingerprint density at radius 3 is 2.60 bits per heavy atom. The van der Waals surface area contributed by atoms with Gasteiger partial charge in [0, 0.05) is 16.7 Å². The number of carbonyl (C=O) groups is 2. The van der Waals surface area contributed by atoms with Gasteiger partial charge in [0.15, 0.2) is 6.61 Å². The normalized spacial score (nSPS) is 11.7. The zero-order chi connectivity index (χ0) is 18.6. The Bertz CT molecular complexity index is 813. The Hall–Kier alpha value is -2.67. The SMILES string of the molecule is C[C@H](NC(=O)COC(=O)c1ccc(Cl)cc1O)c1ccc(F)cc1F. The van der Waals surface area contributed by atoms with Crippen molar-refractivity contribution in [1.82, 2.24) is 5.32 Å². The number of amides is 1. The van der Waals surface area contributed by atoms with Gasteiger partial charge in [0.1, 0.15) is 22.9 Å². The minimum Gasteiger partial charge on any atom is -0.507 e. The summed E-state index contributed by atoms with van der Waals surface area (Å²) in [5.41, 5.74) is -0.0498. The predicted molar refractivity (Wildman–Crippen MR) is 86.3 cm³/mol. The van der Waals surface area contributed by atoms with E-state index in [4.69, 9.17) is 16.3 Å².